The second-order valence-electron chi connectivity index (χ2n) is 0.799. The minimum atomic E-state index is -2.10. The fourth-order valence-corrected chi connectivity index (χ4v) is 0.257. The van der Waals surface area contributed by atoms with Gasteiger partial charge in [-0.1, -0.05) is 0 Å². The zero-order chi connectivity index (χ0) is 4.99. The van der Waals surface area contributed by atoms with E-state index in [1.807, 2.05) is 0 Å². The Bertz CT molecular complexity index is 52.8. The molecule has 2 N–H and O–H groups in total. The van der Waals surface area contributed by atoms with Gasteiger partial charge in [0, 0.05) is 0 Å². The average Bonchev–Trinajstić information content (AvgIpc) is 1.35. The third-order valence-electron chi connectivity index (χ3n) is 0.291. The number of rotatable bonds is 2. The Morgan fingerprint density at radius 3 is 2.17 bits per heavy atom. The van der Waals surface area contributed by atoms with Crippen molar-refractivity contribution >= 4 is 8.03 Å². The summed E-state index contributed by atoms with van der Waals surface area (Å²) in [5.41, 5.74) is 0. The molecule has 0 heterocycles. The zero-order valence-electron chi connectivity index (χ0n) is 3.16. The molecule has 0 aromatic carbocycles. The molecule has 0 rings (SSSR count). The summed E-state index contributed by atoms with van der Waals surface area (Å²) in [5.74, 6) is 0. The van der Waals surface area contributed by atoms with Crippen molar-refractivity contribution in [1.29, 1.82) is 0 Å². The van der Waals surface area contributed by atoms with E-state index in [4.69, 9.17) is 10.00 Å². The van der Waals surface area contributed by atoms with Crippen molar-refractivity contribution in [2.45, 2.75) is 0 Å². The van der Waals surface area contributed by atoms with Gasteiger partial charge in [0.2, 0.25) is 6.16 Å². The molecule has 0 radical (unpaired) electrons. The van der Waals surface area contributed by atoms with E-state index < -0.39 is 8.03 Å². The van der Waals surface area contributed by atoms with E-state index in [0.29, 0.717) is 0 Å². The first-order valence-corrected chi connectivity index (χ1v) is 2.91. The second kappa shape index (κ2) is 3.22. The summed E-state index contributed by atoms with van der Waals surface area (Å²) in [6, 6.07) is 0. The highest BCUT2D eigenvalue weighted by atomic mass is 31.1. The van der Waals surface area contributed by atoms with Crippen LogP contribution in [-0.2, 0) is 4.57 Å². The smallest absolute Gasteiger partial charge is 0.392 e. The van der Waals surface area contributed by atoms with Gasteiger partial charge in [-0.2, -0.15) is 4.89 Å². The van der Waals surface area contributed by atoms with Crippen LogP contribution in [-0.4, -0.2) is 22.8 Å². The Morgan fingerprint density at radius 2 is 2.17 bits per heavy atom. The van der Waals surface area contributed by atoms with E-state index >= 15 is 0 Å². The predicted octanol–water partition coefficient (Wildman–Crippen LogP) is -0.287. The number of hydrogen-bond donors (Lipinski definition) is 2. The van der Waals surface area contributed by atoms with Crippen LogP contribution in [0.25, 0.3) is 0 Å². The normalized spacial score (nSPS) is 11.3. The lowest BCUT2D eigenvalue weighted by atomic mass is 10.9. The summed E-state index contributed by atoms with van der Waals surface area (Å²) in [6.45, 7) is -0.203. The van der Waals surface area contributed by atoms with E-state index in [-0.39, 0.29) is 12.8 Å². The van der Waals surface area contributed by atoms with Crippen molar-refractivity contribution in [2.24, 2.45) is 0 Å². The first kappa shape index (κ1) is 6.02. The highest BCUT2D eigenvalue weighted by Gasteiger charge is 2.04. The van der Waals surface area contributed by atoms with Gasteiger partial charge < -0.3 is 5.11 Å². The van der Waals surface area contributed by atoms with Crippen molar-refractivity contribution in [1.82, 2.24) is 0 Å². The molecule has 0 bridgehead atoms. The van der Waals surface area contributed by atoms with Gasteiger partial charge in [0.1, 0.15) is 0 Å². The molecule has 0 saturated carbocycles. The molecule has 0 fully saturated rings. The van der Waals surface area contributed by atoms with Gasteiger partial charge in [0.25, 0.3) is 0 Å². The lowest BCUT2D eigenvalue weighted by Gasteiger charge is -1.66. The summed E-state index contributed by atoms with van der Waals surface area (Å²) in [6.07, 6.45) is -0.00463. The van der Waals surface area contributed by atoms with E-state index in [1.165, 1.54) is 0 Å². The van der Waals surface area contributed by atoms with Crippen LogP contribution in [0.1, 0.15) is 0 Å². The Balaban J connectivity index is 2.83. The summed E-state index contributed by atoms with van der Waals surface area (Å²) in [5, 5.41) is 7.89. The molecule has 0 aliphatic heterocycles. The lowest BCUT2D eigenvalue weighted by molar-refractivity contribution is 0.316. The van der Waals surface area contributed by atoms with Gasteiger partial charge in [-0.3, -0.25) is 0 Å². The maximum atomic E-state index is 9.59. The third kappa shape index (κ3) is 4.02. The predicted molar refractivity (Wildman–Crippen MR) is 21.8 cm³/mol. The van der Waals surface area contributed by atoms with Crippen molar-refractivity contribution in [3.8, 4) is 0 Å². The van der Waals surface area contributed by atoms with Crippen molar-refractivity contribution < 1.29 is 14.6 Å². The fraction of sp³-hybridized carbons (Fsp3) is 1.00. The van der Waals surface area contributed by atoms with Crippen molar-refractivity contribution in [2.75, 3.05) is 12.8 Å². The lowest BCUT2D eigenvalue weighted by Crippen LogP contribution is -1.82. The molecule has 1 unspecified atom stereocenters. The topological polar surface area (TPSA) is 57.5 Å². The van der Waals surface area contributed by atoms with Gasteiger partial charge in [-0.25, -0.2) is 0 Å². The molecule has 0 saturated heterocycles. The molecule has 0 aliphatic carbocycles. The SMILES string of the molecule is O=[P+](O)CCO. The Hall–Kier alpha value is 0.0200. The molecular weight excluding hydrogens is 103 g/mol. The molecule has 4 heteroatoms. The first-order chi connectivity index (χ1) is 2.77. The van der Waals surface area contributed by atoms with Crippen molar-refractivity contribution in [3.05, 3.63) is 0 Å². The molecular formula is C2H6O3P+. The van der Waals surface area contributed by atoms with E-state index in [0.717, 1.165) is 0 Å². The van der Waals surface area contributed by atoms with Crippen LogP contribution in [0.3, 0.4) is 0 Å². The van der Waals surface area contributed by atoms with Gasteiger partial charge >= 0.3 is 8.03 Å². The molecule has 0 aliphatic rings. The van der Waals surface area contributed by atoms with Crippen LogP contribution in [0.4, 0.5) is 0 Å². The zero-order valence-corrected chi connectivity index (χ0v) is 4.06. The molecule has 3 nitrogen and oxygen atoms in total. The van der Waals surface area contributed by atoms with Gasteiger partial charge in [-0.05, 0) is 4.57 Å². The number of aliphatic hydroxyl groups excluding tert-OH is 1. The van der Waals surface area contributed by atoms with Gasteiger partial charge in [-0.15, -0.1) is 0 Å². The van der Waals surface area contributed by atoms with Crippen LogP contribution < -0.4 is 0 Å². The Kier molecular flexibility index (Phi) is 3.23. The van der Waals surface area contributed by atoms with Crippen LogP contribution in [0, 0.1) is 0 Å². The molecule has 0 spiro atoms. The first-order valence-electron chi connectivity index (χ1n) is 1.52. The monoisotopic (exact) mass is 109 g/mol. The third-order valence-corrected chi connectivity index (χ3v) is 0.874. The quantitative estimate of drug-likeness (QED) is 0.479. The van der Waals surface area contributed by atoms with Gasteiger partial charge in [0.05, 0.1) is 6.61 Å². The molecule has 0 aromatic rings. The van der Waals surface area contributed by atoms with Gasteiger partial charge in [0.15, 0.2) is 0 Å². The minimum Gasteiger partial charge on any atom is -0.392 e. The van der Waals surface area contributed by atoms with Crippen LogP contribution >= 0.6 is 8.03 Å². The van der Waals surface area contributed by atoms with E-state index in [9.17, 15) is 4.57 Å². The molecule has 1 atom stereocenters. The summed E-state index contributed by atoms with van der Waals surface area (Å²) < 4.78 is 9.59. The summed E-state index contributed by atoms with van der Waals surface area (Å²) >= 11 is 0. The standard InChI is InChI=1S/C2H5O3P/c3-1-2-6(4)5/h3H,1-2H2/p+1. The Labute approximate surface area is 36.5 Å². The Morgan fingerprint density at radius 1 is 1.67 bits per heavy atom. The van der Waals surface area contributed by atoms with Crippen molar-refractivity contribution in [3.63, 3.8) is 0 Å². The molecule has 0 amide bonds. The summed E-state index contributed by atoms with van der Waals surface area (Å²) in [4.78, 5) is 7.90. The molecule has 6 heavy (non-hydrogen) atoms. The maximum Gasteiger partial charge on any atom is 0.507 e. The highest BCUT2D eigenvalue weighted by Crippen LogP contribution is 2.08. The summed E-state index contributed by atoms with van der Waals surface area (Å²) in [7, 11) is -2.10. The second-order valence-corrected chi connectivity index (χ2v) is 1.95. The number of aliphatic hydroxyl groups is 1. The van der Waals surface area contributed by atoms with E-state index in [2.05, 4.69) is 0 Å². The maximum absolute atomic E-state index is 9.59. The highest BCUT2D eigenvalue weighted by molar-refractivity contribution is 7.38. The van der Waals surface area contributed by atoms with Crippen LogP contribution in [0.15, 0.2) is 0 Å². The van der Waals surface area contributed by atoms with E-state index in [1.54, 1.807) is 0 Å². The minimum absolute atomic E-state index is 0.00463. The molecule has 36 valence electrons. The molecule has 0 aromatic heterocycles. The fourth-order valence-electron chi connectivity index (χ4n) is 0.0855. The van der Waals surface area contributed by atoms with Crippen LogP contribution in [0.5, 0.6) is 0 Å². The number of hydrogen-bond acceptors (Lipinski definition) is 2. The average molecular weight is 109 g/mol. The van der Waals surface area contributed by atoms with Crippen LogP contribution in [0.2, 0.25) is 0 Å². The largest absolute Gasteiger partial charge is 0.507 e.